The predicted molar refractivity (Wildman–Crippen MR) is 77.1 cm³/mol. The zero-order valence-electron chi connectivity index (χ0n) is 12.2. The molecule has 2 heterocycles. The van der Waals surface area contributed by atoms with Crippen molar-refractivity contribution >= 4 is 29.7 Å². The Morgan fingerprint density at radius 3 is 2.62 bits per heavy atom. The van der Waals surface area contributed by atoms with Crippen molar-refractivity contribution in [3.05, 3.63) is 0 Å². The minimum absolute atomic E-state index is 0.0174. The molecule has 0 spiro atoms. The Bertz CT molecular complexity index is 444. The zero-order chi connectivity index (χ0) is 15.6. The minimum atomic E-state index is -0.979. The normalized spacial score (nSPS) is 29.3. The van der Waals surface area contributed by atoms with Gasteiger partial charge in [0.1, 0.15) is 6.04 Å². The van der Waals surface area contributed by atoms with Gasteiger partial charge in [0.25, 0.3) is 0 Å². The first-order chi connectivity index (χ1) is 9.95. The molecule has 2 amide bonds. The number of likely N-dealkylation sites (tertiary alicyclic amines) is 1. The van der Waals surface area contributed by atoms with Crippen LogP contribution in [0.15, 0.2) is 0 Å². The summed E-state index contributed by atoms with van der Waals surface area (Å²) in [4.78, 5) is 38.5. The highest BCUT2D eigenvalue weighted by atomic mass is 32.2. The molecule has 0 radical (unpaired) electrons. The van der Waals surface area contributed by atoms with Crippen LogP contribution in [0.5, 0.6) is 0 Å². The lowest BCUT2D eigenvalue weighted by atomic mass is 9.99. The van der Waals surface area contributed by atoms with E-state index in [2.05, 4.69) is 0 Å². The number of esters is 1. The van der Waals surface area contributed by atoms with Crippen LogP contribution in [0.2, 0.25) is 0 Å². The van der Waals surface area contributed by atoms with Crippen molar-refractivity contribution in [1.82, 2.24) is 9.80 Å². The Hall–Kier alpha value is -1.44. The number of carboxylic acid groups (broad SMARTS) is 1. The maximum atomic E-state index is 12.5. The van der Waals surface area contributed by atoms with E-state index in [4.69, 9.17) is 4.74 Å². The SMILES string of the molecule is COC(=O)C1CN(C(=O)N2CCSCC2C(=O)O)CC1C. The molecule has 3 atom stereocenters. The molecule has 0 aromatic carbocycles. The number of aliphatic carboxylic acids is 1. The molecule has 0 bridgehead atoms. The number of hydrogen-bond donors (Lipinski definition) is 1. The number of thioether (sulfide) groups is 1. The Morgan fingerprint density at radius 1 is 1.29 bits per heavy atom. The van der Waals surface area contributed by atoms with Crippen molar-refractivity contribution in [3.8, 4) is 0 Å². The number of methoxy groups -OCH3 is 1. The van der Waals surface area contributed by atoms with Gasteiger partial charge in [0, 0.05) is 31.1 Å². The van der Waals surface area contributed by atoms with Crippen molar-refractivity contribution in [3.63, 3.8) is 0 Å². The highest BCUT2D eigenvalue weighted by molar-refractivity contribution is 7.99. The molecule has 0 aromatic heterocycles. The Balaban J connectivity index is 2.06. The lowest BCUT2D eigenvalue weighted by Crippen LogP contribution is -2.54. The fraction of sp³-hybridized carbons (Fsp3) is 0.769. The van der Waals surface area contributed by atoms with E-state index in [1.54, 1.807) is 4.90 Å². The molecule has 21 heavy (non-hydrogen) atoms. The second kappa shape index (κ2) is 6.55. The van der Waals surface area contributed by atoms with Crippen LogP contribution in [0.4, 0.5) is 4.79 Å². The average Bonchev–Trinajstić information content (AvgIpc) is 2.87. The Kier molecular flexibility index (Phi) is 4.97. The van der Waals surface area contributed by atoms with Gasteiger partial charge in [-0.1, -0.05) is 6.92 Å². The van der Waals surface area contributed by atoms with Gasteiger partial charge in [-0.15, -0.1) is 0 Å². The van der Waals surface area contributed by atoms with Crippen LogP contribution in [-0.4, -0.2) is 77.2 Å². The number of carbonyl (C=O) groups is 3. The molecule has 1 N–H and O–H groups in total. The molecule has 2 aliphatic heterocycles. The van der Waals surface area contributed by atoms with E-state index in [0.717, 1.165) is 5.75 Å². The third-order valence-electron chi connectivity index (χ3n) is 4.05. The topological polar surface area (TPSA) is 87.2 Å². The minimum Gasteiger partial charge on any atom is -0.480 e. The predicted octanol–water partition coefficient (Wildman–Crippen LogP) is 0.349. The van der Waals surface area contributed by atoms with Crippen LogP contribution in [0.1, 0.15) is 6.92 Å². The molecule has 118 valence electrons. The smallest absolute Gasteiger partial charge is 0.327 e. The summed E-state index contributed by atoms with van der Waals surface area (Å²) in [5.41, 5.74) is 0. The number of urea groups is 1. The van der Waals surface area contributed by atoms with Crippen molar-refractivity contribution in [2.24, 2.45) is 11.8 Å². The van der Waals surface area contributed by atoms with E-state index in [1.165, 1.54) is 23.8 Å². The van der Waals surface area contributed by atoms with Gasteiger partial charge in [-0.2, -0.15) is 11.8 Å². The highest BCUT2D eigenvalue weighted by Gasteiger charge is 2.41. The monoisotopic (exact) mass is 316 g/mol. The van der Waals surface area contributed by atoms with Crippen LogP contribution in [0, 0.1) is 11.8 Å². The number of carbonyl (C=O) groups excluding carboxylic acids is 2. The number of carboxylic acids is 1. The molecule has 2 rings (SSSR count). The van der Waals surface area contributed by atoms with Crippen LogP contribution in [-0.2, 0) is 14.3 Å². The molecular weight excluding hydrogens is 296 g/mol. The van der Waals surface area contributed by atoms with E-state index in [-0.39, 0.29) is 23.8 Å². The van der Waals surface area contributed by atoms with Gasteiger partial charge in [0.05, 0.1) is 13.0 Å². The largest absolute Gasteiger partial charge is 0.480 e. The third-order valence-corrected chi connectivity index (χ3v) is 5.07. The number of ether oxygens (including phenoxy) is 1. The van der Waals surface area contributed by atoms with Crippen molar-refractivity contribution < 1.29 is 24.2 Å². The summed E-state index contributed by atoms with van der Waals surface area (Å²) in [6, 6.07) is -1.08. The number of amides is 2. The van der Waals surface area contributed by atoms with Crippen LogP contribution in [0.3, 0.4) is 0 Å². The van der Waals surface area contributed by atoms with E-state index in [9.17, 15) is 19.5 Å². The summed E-state index contributed by atoms with van der Waals surface area (Å²) in [7, 11) is 1.34. The Morgan fingerprint density at radius 2 is 2.00 bits per heavy atom. The summed E-state index contributed by atoms with van der Waals surface area (Å²) >= 11 is 1.54. The maximum Gasteiger partial charge on any atom is 0.327 e. The highest BCUT2D eigenvalue weighted by Crippen LogP contribution is 2.27. The first-order valence-electron chi connectivity index (χ1n) is 6.89. The fourth-order valence-electron chi connectivity index (χ4n) is 2.80. The third kappa shape index (κ3) is 3.25. The molecule has 8 heteroatoms. The Labute approximate surface area is 127 Å². The van der Waals surface area contributed by atoms with Gasteiger partial charge >= 0.3 is 18.0 Å². The van der Waals surface area contributed by atoms with Gasteiger partial charge in [-0.25, -0.2) is 9.59 Å². The lowest BCUT2D eigenvalue weighted by Gasteiger charge is -2.35. The van der Waals surface area contributed by atoms with E-state index in [0.29, 0.717) is 25.4 Å². The quantitative estimate of drug-likeness (QED) is 0.740. The summed E-state index contributed by atoms with van der Waals surface area (Å²) in [6.45, 7) is 3.07. The van der Waals surface area contributed by atoms with Crippen LogP contribution in [0.25, 0.3) is 0 Å². The summed E-state index contributed by atoms with van der Waals surface area (Å²) < 4.78 is 4.75. The van der Waals surface area contributed by atoms with E-state index >= 15 is 0 Å². The molecule has 2 fully saturated rings. The number of nitrogens with zero attached hydrogens (tertiary/aromatic N) is 2. The molecule has 0 saturated carbocycles. The second-order valence-corrected chi connectivity index (χ2v) is 6.57. The molecular formula is C13H20N2O5S. The summed E-state index contributed by atoms with van der Waals surface area (Å²) in [5.74, 6) is -0.469. The van der Waals surface area contributed by atoms with Gasteiger partial charge in [-0.05, 0) is 5.92 Å². The van der Waals surface area contributed by atoms with Gasteiger partial charge in [-0.3, -0.25) is 4.79 Å². The van der Waals surface area contributed by atoms with Gasteiger partial charge in [0.15, 0.2) is 0 Å². The molecule has 2 saturated heterocycles. The average molecular weight is 316 g/mol. The van der Waals surface area contributed by atoms with Crippen LogP contribution >= 0.6 is 11.8 Å². The first-order valence-corrected chi connectivity index (χ1v) is 8.05. The van der Waals surface area contributed by atoms with Gasteiger partial charge in [0.2, 0.25) is 0 Å². The second-order valence-electron chi connectivity index (χ2n) is 5.42. The van der Waals surface area contributed by atoms with Crippen molar-refractivity contribution in [1.29, 1.82) is 0 Å². The molecule has 0 aromatic rings. The fourth-order valence-corrected chi connectivity index (χ4v) is 3.84. The summed E-state index contributed by atoms with van der Waals surface area (Å²) in [6.07, 6.45) is 0. The molecule has 7 nitrogen and oxygen atoms in total. The molecule has 3 unspecified atom stereocenters. The first kappa shape index (κ1) is 15.9. The molecule has 2 aliphatic rings. The zero-order valence-corrected chi connectivity index (χ0v) is 13.0. The standard InChI is InChI=1S/C13H20N2O5S/c1-8-5-14(6-9(8)12(18)20-2)13(19)15-3-4-21-7-10(15)11(16)17/h8-10H,3-7H2,1-2H3,(H,16,17). The lowest BCUT2D eigenvalue weighted by molar-refractivity contribution is -0.146. The van der Waals surface area contributed by atoms with E-state index in [1.807, 2.05) is 6.92 Å². The van der Waals surface area contributed by atoms with Crippen LogP contribution < -0.4 is 0 Å². The summed E-state index contributed by atoms with van der Waals surface area (Å²) in [5, 5.41) is 9.23. The van der Waals surface area contributed by atoms with E-state index < -0.39 is 12.0 Å². The maximum absolute atomic E-state index is 12.5. The van der Waals surface area contributed by atoms with Gasteiger partial charge < -0.3 is 19.6 Å². The van der Waals surface area contributed by atoms with Crippen molar-refractivity contribution in [2.45, 2.75) is 13.0 Å². The molecule has 0 aliphatic carbocycles. The van der Waals surface area contributed by atoms with Crippen molar-refractivity contribution in [2.75, 3.05) is 38.2 Å². The number of hydrogen-bond acceptors (Lipinski definition) is 5. The number of rotatable bonds is 2.